The smallest absolute Gasteiger partial charge is 0.338 e. The van der Waals surface area contributed by atoms with Crippen molar-refractivity contribution in [1.82, 2.24) is 4.57 Å². The van der Waals surface area contributed by atoms with Gasteiger partial charge >= 0.3 is 5.97 Å². The largest absolute Gasteiger partial charge is 0.495 e. The van der Waals surface area contributed by atoms with Crippen LogP contribution in [0.15, 0.2) is 57.5 Å². The summed E-state index contributed by atoms with van der Waals surface area (Å²) >= 11 is 11.8. The summed E-state index contributed by atoms with van der Waals surface area (Å²) in [5, 5.41) is 0.568. The van der Waals surface area contributed by atoms with Crippen LogP contribution in [-0.4, -0.2) is 24.3 Å². The molecule has 1 atom stereocenters. The van der Waals surface area contributed by atoms with Gasteiger partial charge in [-0.2, -0.15) is 0 Å². The first-order chi connectivity index (χ1) is 16.2. The molecule has 0 saturated heterocycles. The molecule has 34 heavy (non-hydrogen) atoms. The number of nitrogens with zero attached hydrogens (tertiary/aromatic N) is 2. The topological polar surface area (TPSA) is 69.9 Å². The SMILES string of the molecule is CCOC(=O)C1=C(C)N=c2s/c(=C/c3cc(I)c(OC)c(I)c3)c(=O)n2[C@@H]1c1ccc(Cl)cc1. The average molecular weight is 721 g/mol. The highest BCUT2D eigenvalue weighted by molar-refractivity contribution is 14.1. The Hall–Kier alpha value is -1.70. The first-order valence-electron chi connectivity index (χ1n) is 10.2. The van der Waals surface area contributed by atoms with Crippen LogP contribution >= 0.6 is 68.1 Å². The van der Waals surface area contributed by atoms with E-state index in [9.17, 15) is 9.59 Å². The number of hydrogen-bond donors (Lipinski definition) is 0. The summed E-state index contributed by atoms with van der Waals surface area (Å²) in [6.45, 7) is 3.74. The first-order valence-corrected chi connectivity index (χ1v) is 13.6. The molecule has 2 heterocycles. The number of carbonyl (C=O) groups is 1. The number of carbonyl (C=O) groups excluding carboxylic acids is 1. The van der Waals surface area contributed by atoms with Gasteiger partial charge in [-0.25, -0.2) is 9.79 Å². The summed E-state index contributed by atoms with van der Waals surface area (Å²) in [5.74, 6) is 0.314. The Morgan fingerprint density at radius 2 is 1.88 bits per heavy atom. The number of aromatic nitrogens is 1. The van der Waals surface area contributed by atoms with Crippen LogP contribution in [0.3, 0.4) is 0 Å². The molecule has 0 saturated carbocycles. The van der Waals surface area contributed by atoms with E-state index in [0.29, 0.717) is 25.6 Å². The zero-order valence-electron chi connectivity index (χ0n) is 18.4. The number of halogens is 3. The van der Waals surface area contributed by atoms with Crippen LogP contribution in [-0.2, 0) is 9.53 Å². The lowest BCUT2D eigenvalue weighted by molar-refractivity contribution is -0.139. The van der Waals surface area contributed by atoms with Crippen LogP contribution in [0, 0.1) is 7.14 Å². The Bertz CT molecular complexity index is 1470. The van der Waals surface area contributed by atoms with E-state index in [4.69, 9.17) is 21.1 Å². The highest BCUT2D eigenvalue weighted by atomic mass is 127. The Kier molecular flexibility index (Phi) is 7.85. The maximum Gasteiger partial charge on any atom is 0.338 e. The number of allylic oxidation sites excluding steroid dienone is 1. The molecule has 0 aliphatic carbocycles. The van der Waals surface area contributed by atoms with Crippen molar-refractivity contribution in [1.29, 1.82) is 0 Å². The normalized spacial score (nSPS) is 15.7. The van der Waals surface area contributed by atoms with Gasteiger partial charge in [0.05, 0.1) is 42.7 Å². The quantitative estimate of drug-likeness (QED) is 0.284. The zero-order valence-corrected chi connectivity index (χ0v) is 24.3. The Balaban J connectivity index is 1.94. The molecule has 0 spiro atoms. The lowest BCUT2D eigenvalue weighted by Gasteiger charge is -2.24. The van der Waals surface area contributed by atoms with Gasteiger partial charge in [0, 0.05) is 5.02 Å². The van der Waals surface area contributed by atoms with Crippen molar-refractivity contribution >= 4 is 80.2 Å². The van der Waals surface area contributed by atoms with Crippen molar-refractivity contribution in [2.45, 2.75) is 19.9 Å². The lowest BCUT2D eigenvalue weighted by Crippen LogP contribution is -2.39. The molecule has 10 heteroatoms. The minimum Gasteiger partial charge on any atom is -0.495 e. The number of thiazole rings is 1. The summed E-state index contributed by atoms with van der Waals surface area (Å²) in [5.41, 5.74) is 2.28. The highest BCUT2D eigenvalue weighted by Gasteiger charge is 2.33. The Morgan fingerprint density at radius 1 is 1.24 bits per heavy atom. The van der Waals surface area contributed by atoms with E-state index in [-0.39, 0.29) is 12.2 Å². The molecular weight excluding hydrogens is 702 g/mol. The summed E-state index contributed by atoms with van der Waals surface area (Å²) in [7, 11) is 1.64. The van der Waals surface area contributed by atoms with Crippen molar-refractivity contribution in [3.8, 4) is 5.75 Å². The second kappa shape index (κ2) is 10.5. The number of benzene rings is 2. The van der Waals surface area contributed by atoms with Gasteiger partial charge in [-0.15, -0.1) is 0 Å². The Morgan fingerprint density at radius 3 is 2.47 bits per heavy atom. The van der Waals surface area contributed by atoms with Crippen molar-refractivity contribution in [2.75, 3.05) is 13.7 Å². The van der Waals surface area contributed by atoms with Gasteiger partial charge in [0.15, 0.2) is 4.80 Å². The molecular formula is C24H19ClI2N2O4S. The zero-order chi connectivity index (χ0) is 24.6. The summed E-state index contributed by atoms with van der Waals surface area (Å²) in [6, 6.07) is 10.4. The van der Waals surface area contributed by atoms with Gasteiger partial charge in [0.2, 0.25) is 0 Å². The maximum atomic E-state index is 13.6. The van der Waals surface area contributed by atoms with Crippen LogP contribution in [0.5, 0.6) is 5.75 Å². The van der Waals surface area contributed by atoms with Gasteiger partial charge in [-0.1, -0.05) is 35.1 Å². The van der Waals surface area contributed by atoms with E-state index in [1.165, 1.54) is 11.3 Å². The molecule has 0 radical (unpaired) electrons. The molecule has 3 aromatic rings. The molecule has 0 fully saturated rings. The third-order valence-corrected chi connectivity index (χ3v) is 8.06. The molecule has 2 aromatic carbocycles. The average Bonchev–Trinajstić information content (AvgIpc) is 3.08. The van der Waals surface area contributed by atoms with Crippen LogP contribution in [0.2, 0.25) is 5.02 Å². The molecule has 0 N–H and O–H groups in total. The van der Waals surface area contributed by atoms with Crippen molar-refractivity contribution in [3.63, 3.8) is 0 Å². The van der Waals surface area contributed by atoms with Gasteiger partial charge in [-0.3, -0.25) is 9.36 Å². The molecule has 176 valence electrons. The van der Waals surface area contributed by atoms with Gasteiger partial charge in [0.1, 0.15) is 5.75 Å². The van der Waals surface area contributed by atoms with E-state index in [2.05, 4.69) is 50.2 Å². The number of ether oxygens (including phenoxy) is 2. The van der Waals surface area contributed by atoms with Crippen LogP contribution in [0.25, 0.3) is 6.08 Å². The number of rotatable bonds is 5. The molecule has 4 rings (SSSR count). The monoisotopic (exact) mass is 720 g/mol. The third kappa shape index (κ3) is 4.84. The number of fused-ring (bicyclic) bond motifs is 1. The minimum absolute atomic E-state index is 0.223. The van der Waals surface area contributed by atoms with Crippen LogP contribution < -0.4 is 19.6 Å². The van der Waals surface area contributed by atoms with Gasteiger partial charge in [0.25, 0.3) is 5.56 Å². The van der Waals surface area contributed by atoms with Crippen molar-refractivity contribution < 1.29 is 14.3 Å². The molecule has 1 aliphatic heterocycles. The summed E-state index contributed by atoms with van der Waals surface area (Å²) < 4.78 is 14.7. The van der Waals surface area contributed by atoms with Crippen molar-refractivity contribution in [2.24, 2.45) is 4.99 Å². The van der Waals surface area contributed by atoms with E-state index in [1.807, 2.05) is 30.3 Å². The summed E-state index contributed by atoms with van der Waals surface area (Å²) in [6.07, 6.45) is 1.84. The molecule has 6 nitrogen and oxygen atoms in total. The van der Waals surface area contributed by atoms with E-state index in [0.717, 1.165) is 24.0 Å². The van der Waals surface area contributed by atoms with Gasteiger partial charge < -0.3 is 9.47 Å². The second-order valence-corrected chi connectivity index (χ2v) is 11.1. The lowest BCUT2D eigenvalue weighted by atomic mass is 9.96. The predicted octanol–water partition coefficient (Wildman–Crippen LogP) is 4.67. The Labute approximate surface area is 232 Å². The third-order valence-electron chi connectivity index (χ3n) is 5.23. The highest BCUT2D eigenvalue weighted by Crippen LogP contribution is 2.32. The second-order valence-electron chi connectivity index (χ2n) is 7.37. The van der Waals surface area contributed by atoms with Gasteiger partial charge in [-0.05, 0) is 100 Å². The summed E-state index contributed by atoms with van der Waals surface area (Å²) in [4.78, 5) is 31.7. The molecule has 0 unspecified atom stereocenters. The van der Waals surface area contributed by atoms with Crippen molar-refractivity contribution in [3.05, 3.63) is 90.6 Å². The predicted molar refractivity (Wildman–Crippen MR) is 150 cm³/mol. The minimum atomic E-state index is -0.661. The molecule has 0 bridgehead atoms. The van der Waals surface area contributed by atoms with E-state index in [1.54, 1.807) is 37.7 Å². The van der Waals surface area contributed by atoms with Crippen LogP contribution in [0.4, 0.5) is 0 Å². The maximum absolute atomic E-state index is 13.6. The fourth-order valence-electron chi connectivity index (χ4n) is 3.76. The molecule has 0 amide bonds. The number of methoxy groups -OCH3 is 1. The van der Waals surface area contributed by atoms with E-state index >= 15 is 0 Å². The van der Waals surface area contributed by atoms with Crippen LogP contribution in [0.1, 0.15) is 31.0 Å². The molecule has 1 aliphatic rings. The fraction of sp³-hybridized carbons (Fsp3) is 0.208. The molecule has 1 aromatic heterocycles. The fourth-order valence-corrected chi connectivity index (χ4v) is 7.19. The first kappa shape index (κ1) is 25.4. The van der Waals surface area contributed by atoms with E-state index < -0.39 is 12.0 Å². The number of esters is 1. The number of hydrogen-bond acceptors (Lipinski definition) is 6. The standard InChI is InChI=1S/C24H19ClI2N2O4S/c1-4-33-23(31)19-12(2)28-24-29(20(19)14-5-7-15(25)8-6-14)22(30)18(34-24)11-13-9-16(26)21(32-3)17(27)10-13/h5-11,20H,4H2,1-3H3/b18-11+/t20-/m1/s1.